The number of esters is 1. The van der Waals surface area contributed by atoms with E-state index in [9.17, 15) is 22.8 Å². The summed E-state index contributed by atoms with van der Waals surface area (Å²) in [5.41, 5.74) is -0.0254. The van der Waals surface area contributed by atoms with Crippen molar-refractivity contribution in [3.63, 3.8) is 0 Å². The molecule has 1 aliphatic carbocycles. The number of halogens is 3. The van der Waals surface area contributed by atoms with Crippen LogP contribution in [0.4, 0.5) is 13.2 Å². The Bertz CT molecular complexity index is 718. The minimum Gasteiger partial charge on any atom is -0.467 e. The van der Waals surface area contributed by atoms with Crippen molar-refractivity contribution < 1.29 is 27.5 Å². The van der Waals surface area contributed by atoms with Crippen LogP contribution in [-0.2, 0) is 20.7 Å². The molecule has 0 radical (unpaired) electrons. The maximum absolute atomic E-state index is 13.3. The number of ether oxygens (including phenoxy) is 1. The van der Waals surface area contributed by atoms with E-state index in [2.05, 4.69) is 0 Å². The Labute approximate surface area is 143 Å². The van der Waals surface area contributed by atoms with Crippen molar-refractivity contribution in [1.82, 2.24) is 4.90 Å². The first-order valence-electron chi connectivity index (χ1n) is 8.21. The highest BCUT2D eigenvalue weighted by molar-refractivity contribution is 5.93. The molecule has 0 saturated carbocycles. The summed E-state index contributed by atoms with van der Waals surface area (Å²) < 4.78 is 44.8. The van der Waals surface area contributed by atoms with E-state index in [4.69, 9.17) is 4.74 Å². The van der Waals surface area contributed by atoms with E-state index in [1.807, 2.05) is 13.0 Å². The highest BCUT2D eigenvalue weighted by atomic mass is 19.4. The number of methoxy groups -OCH3 is 1. The zero-order chi connectivity index (χ0) is 18.6. The zero-order valence-corrected chi connectivity index (χ0v) is 14.3. The van der Waals surface area contributed by atoms with Gasteiger partial charge in [0.2, 0.25) is 0 Å². The fourth-order valence-electron chi connectivity index (χ4n) is 4.46. The molecule has 0 aromatic heterocycles. The fraction of sp³-hybridized carbons (Fsp3) is 0.556. The third-order valence-corrected chi connectivity index (χ3v) is 5.74. The molecule has 1 aromatic rings. The minimum atomic E-state index is -5.05. The van der Waals surface area contributed by atoms with Crippen molar-refractivity contribution in [2.24, 2.45) is 5.92 Å². The molecular formula is C18H20F3NO3. The van der Waals surface area contributed by atoms with Gasteiger partial charge in [0.05, 0.1) is 7.11 Å². The summed E-state index contributed by atoms with van der Waals surface area (Å²) in [6.07, 6.45) is -4.49. The average molecular weight is 355 g/mol. The molecule has 2 aliphatic rings. The second-order valence-corrected chi connectivity index (χ2v) is 6.97. The van der Waals surface area contributed by atoms with Crippen LogP contribution in [0.5, 0.6) is 0 Å². The molecule has 1 aliphatic heterocycles. The van der Waals surface area contributed by atoms with Crippen LogP contribution in [-0.4, -0.2) is 41.6 Å². The quantitative estimate of drug-likeness (QED) is 0.728. The van der Waals surface area contributed by atoms with Crippen LogP contribution in [0, 0.1) is 5.92 Å². The Morgan fingerprint density at radius 3 is 2.48 bits per heavy atom. The lowest BCUT2D eigenvalue weighted by atomic mass is 9.70. The Kier molecular flexibility index (Phi) is 4.08. The molecule has 1 heterocycles. The number of hydrogen-bond acceptors (Lipinski definition) is 3. The number of likely N-dealkylation sites (tertiary alicyclic amines) is 1. The molecule has 1 aromatic carbocycles. The van der Waals surface area contributed by atoms with Gasteiger partial charge in [-0.25, -0.2) is 4.79 Å². The topological polar surface area (TPSA) is 46.6 Å². The van der Waals surface area contributed by atoms with E-state index < -0.39 is 35.6 Å². The van der Waals surface area contributed by atoms with Crippen LogP contribution >= 0.6 is 0 Å². The third-order valence-electron chi connectivity index (χ3n) is 5.74. The molecule has 1 fully saturated rings. The Balaban J connectivity index is 2.22. The van der Waals surface area contributed by atoms with Gasteiger partial charge >= 0.3 is 18.1 Å². The zero-order valence-electron chi connectivity index (χ0n) is 14.3. The molecule has 3 rings (SSSR count). The van der Waals surface area contributed by atoms with Gasteiger partial charge in [-0.1, -0.05) is 31.2 Å². The predicted molar refractivity (Wildman–Crippen MR) is 83.8 cm³/mol. The lowest BCUT2D eigenvalue weighted by Gasteiger charge is -2.52. The summed E-state index contributed by atoms with van der Waals surface area (Å²) in [5.74, 6) is -3.45. The van der Waals surface area contributed by atoms with Crippen molar-refractivity contribution in [3.05, 3.63) is 35.4 Å². The highest BCUT2D eigenvalue weighted by Crippen LogP contribution is 2.54. The van der Waals surface area contributed by atoms with Gasteiger partial charge in [0.25, 0.3) is 0 Å². The van der Waals surface area contributed by atoms with Gasteiger partial charge in [0.15, 0.2) is 5.54 Å². The molecule has 0 bridgehead atoms. The summed E-state index contributed by atoms with van der Waals surface area (Å²) in [6.45, 7) is 3.38. The number of fused-ring (bicyclic) bond motifs is 3. The maximum atomic E-state index is 13.3. The number of carbonyl (C=O) groups excluding carboxylic acids is 2. The molecule has 4 atom stereocenters. The van der Waals surface area contributed by atoms with Gasteiger partial charge in [-0.15, -0.1) is 0 Å². The van der Waals surface area contributed by atoms with Crippen LogP contribution in [0.3, 0.4) is 0 Å². The van der Waals surface area contributed by atoms with E-state index >= 15 is 0 Å². The van der Waals surface area contributed by atoms with E-state index in [-0.39, 0.29) is 12.3 Å². The van der Waals surface area contributed by atoms with Crippen LogP contribution in [0.2, 0.25) is 0 Å². The van der Waals surface area contributed by atoms with Gasteiger partial charge in [0, 0.05) is 18.4 Å². The molecule has 25 heavy (non-hydrogen) atoms. The van der Waals surface area contributed by atoms with Crippen LogP contribution in [0.1, 0.15) is 37.3 Å². The summed E-state index contributed by atoms with van der Waals surface area (Å²) in [5, 5.41) is 0. The number of piperidine rings is 1. The SMILES string of the molecule is COC(=O)[C@@]12Cc3ccccc3[C@H]1C[C@H](C)[C@@H](C)N2C(=O)C(F)(F)F. The number of nitrogens with zero attached hydrogens (tertiary/aromatic N) is 1. The second kappa shape index (κ2) is 5.75. The van der Waals surface area contributed by atoms with Crippen LogP contribution in [0.25, 0.3) is 0 Å². The molecule has 1 saturated heterocycles. The van der Waals surface area contributed by atoms with Crippen LogP contribution < -0.4 is 0 Å². The normalized spacial score (nSPS) is 31.3. The van der Waals surface area contributed by atoms with Gasteiger partial charge < -0.3 is 9.64 Å². The Morgan fingerprint density at radius 1 is 1.24 bits per heavy atom. The maximum Gasteiger partial charge on any atom is 0.471 e. The van der Waals surface area contributed by atoms with Crippen LogP contribution in [0.15, 0.2) is 24.3 Å². The standard InChI is InChI=1S/C18H20F3NO3/c1-10-8-14-13-7-5-4-6-12(13)9-17(14,16(24)25-3)22(11(10)2)15(23)18(19,20)21/h4-7,10-11,14H,8-9H2,1-3H3/t10-,11+,14+,17+/m0/s1. The summed E-state index contributed by atoms with van der Waals surface area (Å²) in [7, 11) is 1.15. The molecule has 0 unspecified atom stereocenters. The molecule has 4 nitrogen and oxygen atoms in total. The van der Waals surface area contributed by atoms with E-state index in [0.717, 1.165) is 23.1 Å². The molecule has 1 amide bonds. The monoisotopic (exact) mass is 355 g/mol. The van der Waals surface area contributed by atoms with E-state index in [0.29, 0.717) is 6.42 Å². The highest BCUT2D eigenvalue weighted by Gasteiger charge is 2.65. The van der Waals surface area contributed by atoms with E-state index in [1.54, 1.807) is 25.1 Å². The summed E-state index contributed by atoms with van der Waals surface area (Å²) >= 11 is 0. The van der Waals surface area contributed by atoms with Crippen molar-refractivity contribution in [3.8, 4) is 0 Å². The number of rotatable bonds is 1. The molecule has 0 spiro atoms. The number of carbonyl (C=O) groups is 2. The van der Waals surface area contributed by atoms with Gasteiger partial charge in [-0.2, -0.15) is 13.2 Å². The number of amides is 1. The van der Waals surface area contributed by atoms with Crippen molar-refractivity contribution in [2.45, 2.75) is 50.4 Å². The molecule has 7 heteroatoms. The van der Waals surface area contributed by atoms with Gasteiger partial charge in [-0.05, 0) is 30.4 Å². The smallest absolute Gasteiger partial charge is 0.467 e. The first-order valence-corrected chi connectivity index (χ1v) is 8.21. The minimum absolute atomic E-state index is 0.0411. The number of alkyl halides is 3. The van der Waals surface area contributed by atoms with E-state index in [1.165, 1.54) is 0 Å². The van der Waals surface area contributed by atoms with Crippen molar-refractivity contribution in [1.29, 1.82) is 0 Å². The first-order chi connectivity index (χ1) is 11.6. The Morgan fingerprint density at radius 2 is 1.88 bits per heavy atom. The first kappa shape index (κ1) is 17.8. The largest absolute Gasteiger partial charge is 0.471 e. The molecule has 0 N–H and O–H groups in total. The number of benzene rings is 1. The molecular weight excluding hydrogens is 335 g/mol. The fourth-order valence-corrected chi connectivity index (χ4v) is 4.46. The predicted octanol–water partition coefficient (Wildman–Crippen LogP) is 3.06. The lowest BCUT2D eigenvalue weighted by Crippen LogP contribution is -2.69. The molecule has 136 valence electrons. The average Bonchev–Trinajstić information content (AvgIpc) is 2.89. The lowest BCUT2D eigenvalue weighted by molar-refractivity contribution is -0.205. The summed E-state index contributed by atoms with van der Waals surface area (Å²) in [4.78, 5) is 25.8. The second-order valence-electron chi connectivity index (χ2n) is 6.97. The third kappa shape index (κ3) is 2.43. The number of hydrogen-bond donors (Lipinski definition) is 0. The Hall–Kier alpha value is -2.05. The van der Waals surface area contributed by atoms with Gasteiger partial charge in [-0.3, -0.25) is 4.79 Å². The van der Waals surface area contributed by atoms with Crippen molar-refractivity contribution in [2.75, 3.05) is 7.11 Å². The summed E-state index contributed by atoms with van der Waals surface area (Å²) in [6, 6.07) is 6.47. The van der Waals surface area contributed by atoms with Crippen molar-refractivity contribution >= 4 is 11.9 Å². The van der Waals surface area contributed by atoms with Gasteiger partial charge in [0.1, 0.15) is 0 Å².